The molecule has 172 valence electrons. The van der Waals surface area contributed by atoms with Crippen molar-refractivity contribution in [3.8, 4) is 5.69 Å². The average molecular weight is 508 g/mol. The molecule has 0 unspecified atom stereocenters. The third kappa shape index (κ3) is 5.73. The summed E-state index contributed by atoms with van der Waals surface area (Å²) in [5.41, 5.74) is 8.15. The molecule has 0 aliphatic rings. The van der Waals surface area contributed by atoms with Crippen LogP contribution >= 0.6 is 35.0 Å². The van der Waals surface area contributed by atoms with Gasteiger partial charge in [-0.2, -0.15) is 5.10 Å². The SMILES string of the molecule is Cc1cc(/C=N\NC(=O)c2ccc(CSc3ccccc3)cc2)c(C)n1-c1ccc(Cl)c(Cl)c1. The highest BCUT2D eigenvalue weighted by Crippen LogP contribution is 2.27. The Balaban J connectivity index is 1.38. The number of carbonyl (C=O) groups excluding carboxylic acids is 1. The zero-order valence-electron chi connectivity index (χ0n) is 18.8. The molecule has 7 heteroatoms. The minimum atomic E-state index is -0.253. The molecule has 34 heavy (non-hydrogen) atoms. The predicted molar refractivity (Wildman–Crippen MR) is 143 cm³/mol. The number of carbonyl (C=O) groups is 1. The maximum atomic E-state index is 12.5. The van der Waals surface area contributed by atoms with Gasteiger partial charge in [0, 0.05) is 38.9 Å². The number of nitrogens with zero attached hydrogens (tertiary/aromatic N) is 2. The molecule has 4 nitrogen and oxygen atoms in total. The van der Waals surface area contributed by atoms with E-state index in [4.69, 9.17) is 23.2 Å². The molecule has 1 N–H and O–H groups in total. The number of benzene rings is 3. The lowest BCUT2D eigenvalue weighted by Crippen LogP contribution is -2.17. The molecule has 0 atom stereocenters. The number of hydrogen-bond acceptors (Lipinski definition) is 3. The number of hydrazone groups is 1. The van der Waals surface area contributed by atoms with Crippen LogP contribution in [-0.2, 0) is 5.75 Å². The van der Waals surface area contributed by atoms with E-state index in [-0.39, 0.29) is 5.91 Å². The van der Waals surface area contributed by atoms with Crippen LogP contribution in [0.3, 0.4) is 0 Å². The number of hydrogen-bond donors (Lipinski definition) is 1. The predicted octanol–water partition coefficient (Wildman–Crippen LogP) is 7.46. The van der Waals surface area contributed by atoms with Gasteiger partial charge in [-0.3, -0.25) is 4.79 Å². The molecular formula is C27H23Cl2N3OS. The quantitative estimate of drug-likeness (QED) is 0.160. The van der Waals surface area contributed by atoms with Crippen LogP contribution in [0.1, 0.15) is 32.9 Å². The monoisotopic (exact) mass is 507 g/mol. The molecule has 3 aromatic carbocycles. The van der Waals surface area contributed by atoms with E-state index in [0.717, 1.165) is 34.0 Å². The minimum Gasteiger partial charge on any atom is -0.318 e. The van der Waals surface area contributed by atoms with E-state index in [1.807, 2.05) is 74.5 Å². The summed E-state index contributed by atoms with van der Waals surface area (Å²) in [4.78, 5) is 13.7. The van der Waals surface area contributed by atoms with Crippen LogP contribution in [-0.4, -0.2) is 16.7 Å². The lowest BCUT2D eigenvalue weighted by atomic mass is 10.1. The third-order valence-corrected chi connectivity index (χ3v) is 7.19. The Bertz CT molecular complexity index is 1330. The zero-order valence-corrected chi connectivity index (χ0v) is 21.1. The standard InChI is InChI=1S/C27H23Cl2N3OS/c1-18-14-22(19(2)32(18)23-12-13-25(28)26(29)15-23)16-30-31-27(33)21-10-8-20(9-11-21)17-34-24-6-4-3-5-7-24/h3-16H,17H2,1-2H3,(H,31,33)/b30-16-. The number of aryl methyl sites for hydroxylation is 1. The first-order valence-electron chi connectivity index (χ1n) is 10.7. The molecule has 0 aliphatic carbocycles. The van der Waals surface area contributed by atoms with Gasteiger partial charge >= 0.3 is 0 Å². The highest BCUT2D eigenvalue weighted by atomic mass is 35.5. The van der Waals surface area contributed by atoms with Crippen LogP contribution in [0.15, 0.2) is 88.9 Å². The van der Waals surface area contributed by atoms with Gasteiger partial charge in [0.1, 0.15) is 0 Å². The van der Waals surface area contributed by atoms with Gasteiger partial charge in [-0.05, 0) is 67.9 Å². The first-order chi connectivity index (χ1) is 16.4. The van der Waals surface area contributed by atoms with Gasteiger partial charge in [0.2, 0.25) is 0 Å². The van der Waals surface area contributed by atoms with Crippen LogP contribution in [0.5, 0.6) is 0 Å². The van der Waals surface area contributed by atoms with Crippen molar-refractivity contribution in [2.75, 3.05) is 0 Å². The van der Waals surface area contributed by atoms with Crippen molar-refractivity contribution < 1.29 is 4.79 Å². The Morgan fingerprint density at radius 1 is 0.971 bits per heavy atom. The van der Waals surface area contributed by atoms with Crippen molar-refractivity contribution in [2.45, 2.75) is 24.5 Å². The highest BCUT2D eigenvalue weighted by Gasteiger charge is 2.11. The summed E-state index contributed by atoms with van der Waals surface area (Å²) in [5.74, 6) is 0.593. The fourth-order valence-electron chi connectivity index (χ4n) is 3.60. The third-order valence-electron chi connectivity index (χ3n) is 5.37. The van der Waals surface area contributed by atoms with E-state index in [9.17, 15) is 4.79 Å². The van der Waals surface area contributed by atoms with Crippen LogP contribution in [0.2, 0.25) is 10.0 Å². The van der Waals surface area contributed by atoms with Crippen molar-refractivity contribution in [1.29, 1.82) is 0 Å². The van der Waals surface area contributed by atoms with Crippen LogP contribution in [0.25, 0.3) is 5.69 Å². The van der Waals surface area contributed by atoms with E-state index in [0.29, 0.717) is 15.6 Å². The molecule has 1 aromatic heterocycles. The van der Waals surface area contributed by atoms with Crippen molar-refractivity contribution in [1.82, 2.24) is 9.99 Å². The Morgan fingerprint density at radius 3 is 2.41 bits per heavy atom. The first-order valence-corrected chi connectivity index (χ1v) is 12.4. The largest absolute Gasteiger partial charge is 0.318 e. The Morgan fingerprint density at radius 2 is 1.71 bits per heavy atom. The summed E-state index contributed by atoms with van der Waals surface area (Å²) in [6, 6.07) is 25.4. The second-order valence-corrected chi connectivity index (χ2v) is 9.62. The van der Waals surface area contributed by atoms with Crippen molar-refractivity contribution in [3.05, 3.63) is 117 Å². The molecule has 0 aliphatic heterocycles. The van der Waals surface area contributed by atoms with Gasteiger partial charge < -0.3 is 4.57 Å². The summed E-state index contributed by atoms with van der Waals surface area (Å²) >= 11 is 14.0. The Hall–Kier alpha value is -2.99. The average Bonchev–Trinajstić information content (AvgIpc) is 3.13. The molecule has 0 fully saturated rings. The Labute approximate surface area is 213 Å². The van der Waals surface area contributed by atoms with E-state index in [1.165, 1.54) is 4.90 Å². The van der Waals surface area contributed by atoms with Gasteiger partial charge in [-0.15, -0.1) is 11.8 Å². The van der Waals surface area contributed by atoms with Crippen LogP contribution in [0, 0.1) is 13.8 Å². The van der Waals surface area contributed by atoms with Crippen molar-refractivity contribution in [3.63, 3.8) is 0 Å². The number of thioether (sulfide) groups is 1. The number of halogens is 2. The maximum absolute atomic E-state index is 12.5. The lowest BCUT2D eigenvalue weighted by Gasteiger charge is -2.10. The highest BCUT2D eigenvalue weighted by molar-refractivity contribution is 7.98. The first kappa shape index (κ1) is 24.1. The van der Waals surface area contributed by atoms with Gasteiger partial charge in [0.15, 0.2) is 0 Å². The topological polar surface area (TPSA) is 46.4 Å². The van der Waals surface area contributed by atoms with Gasteiger partial charge in [-0.25, -0.2) is 5.43 Å². The van der Waals surface area contributed by atoms with E-state index in [2.05, 4.69) is 27.2 Å². The van der Waals surface area contributed by atoms with Gasteiger partial charge in [-0.1, -0.05) is 53.5 Å². The summed E-state index contributed by atoms with van der Waals surface area (Å²) in [7, 11) is 0. The minimum absolute atomic E-state index is 0.253. The number of amides is 1. The maximum Gasteiger partial charge on any atom is 0.271 e. The molecule has 1 heterocycles. The Kier molecular flexibility index (Phi) is 7.78. The summed E-state index contributed by atoms with van der Waals surface area (Å²) in [6.45, 7) is 3.99. The lowest BCUT2D eigenvalue weighted by molar-refractivity contribution is 0.0955. The summed E-state index contributed by atoms with van der Waals surface area (Å²) < 4.78 is 2.07. The molecule has 0 spiro atoms. The number of nitrogens with one attached hydrogen (secondary N) is 1. The molecule has 4 rings (SSSR count). The van der Waals surface area contributed by atoms with Gasteiger partial charge in [0.05, 0.1) is 16.3 Å². The molecule has 0 saturated carbocycles. The zero-order chi connectivity index (χ0) is 24.1. The second-order valence-electron chi connectivity index (χ2n) is 7.76. The van der Waals surface area contributed by atoms with E-state index in [1.54, 1.807) is 24.0 Å². The van der Waals surface area contributed by atoms with Gasteiger partial charge in [0.25, 0.3) is 5.91 Å². The smallest absolute Gasteiger partial charge is 0.271 e. The fraction of sp³-hybridized carbons (Fsp3) is 0.111. The summed E-state index contributed by atoms with van der Waals surface area (Å²) in [6.07, 6.45) is 1.65. The van der Waals surface area contributed by atoms with E-state index < -0.39 is 0 Å². The fourth-order valence-corrected chi connectivity index (χ4v) is 4.77. The van der Waals surface area contributed by atoms with Crippen LogP contribution in [0.4, 0.5) is 0 Å². The molecule has 1 amide bonds. The van der Waals surface area contributed by atoms with Crippen molar-refractivity contribution in [2.24, 2.45) is 5.10 Å². The number of rotatable bonds is 7. The van der Waals surface area contributed by atoms with Crippen LogP contribution < -0.4 is 5.43 Å². The second kappa shape index (κ2) is 11.0. The molecular weight excluding hydrogens is 485 g/mol. The summed E-state index contributed by atoms with van der Waals surface area (Å²) in [5, 5.41) is 5.18. The molecule has 0 radical (unpaired) electrons. The molecule has 0 bridgehead atoms. The molecule has 4 aromatic rings. The molecule has 0 saturated heterocycles. The normalized spacial score (nSPS) is 11.2. The van der Waals surface area contributed by atoms with Crippen molar-refractivity contribution >= 4 is 47.1 Å². The number of aromatic nitrogens is 1. The van der Waals surface area contributed by atoms with E-state index >= 15 is 0 Å².